The molecule has 10 heteroatoms. The van der Waals surface area contributed by atoms with Crippen molar-refractivity contribution in [2.24, 2.45) is 10.9 Å². The van der Waals surface area contributed by atoms with Crippen LogP contribution in [0.4, 0.5) is 11.4 Å². The van der Waals surface area contributed by atoms with Crippen molar-refractivity contribution in [3.63, 3.8) is 0 Å². The zero-order valence-electron chi connectivity index (χ0n) is 18.5. The van der Waals surface area contributed by atoms with Crippen LogP contribution in [0, 0.1) is 5.92 Å². The number of benzene rings is 1. The van der Waals surface area contributed by atoms with Crippen LogP contribution in [-0.4, -0.2) is 67.4 Å². The van der Waals surface area contributed by atoms with Crippen molar-refractivity contribution < 1.29 is 23.8 Å². The van der Waals surface area contributed by atoms with Crippen molar-refractivity contribution in [1.29, 1.82) is 0 Å². The van der Waals surface area contributed by atoms with Gasteiger partial charge in [-0.1, -0.05) is 17.7 Å². The molecule has 2 atom stereocenters. The Morgan fingerprint density at radius 1 is 1.26 bits per heavy atom. The number of hydrogen-bond donors (Lipinski definition) is 0. The number of likely N-dealkylation sites (tertiary alicyclic amines) is 1. The maximum atomic E-state index is 12.7. The normalized spacial score (nSPS) is 21.3. The maximum absolute atomic E-state index is 12.7. The van der Waals surface area contributed by atoms with Crippen LogP contribution in [0.15, 0.2) is 47.6 Å². The fourth-order valence-electron chi connectivity index (χ4n) is 4.25. The molecular formula is C24H23ClN4O5. The molecule has 9 nitrogen and oxygen atoms in total. The SMILES string of the molecule is COc1cc(N2CCOc3ccc(O[C@H]4CCN(C(=O)C5C=CC(=O)N=C5)C4)cc32)cnc1Cl. The molecule has 5 rings (SSSR count). The van der Waals surface area contributed by atoms with Gasteiger partial charge in [-0.25, -0.2) is 9.98 Å². The summed E-state index contributed by atoms with van der Waals surface area (Å²) in [5.74, 6) is 1.01. The molecule has 3 aliphatic heterocycles. The summed E-state index contributed by atoms with van der Waals surface area (Å²) in [6.07, 6.45) is 6.60. The molecule has 0 spiro atoms. The third kappa shape index (κ3) is 4.43. The van der Waals surface area contributed by atoms with Gasteiger partial charge >= 0.3 is 0 Å². The van der Waals surface area contributed by atoms with E-state index in [1.54, 1.807) is 24.3 Å². The number of anilines is 2. The fourth-order valence-corrected chi connectivity index (χ4v) is 4.43. The number of carbonyl (C=O) groups is 2. The van der Waals surface area contributed by atoms with Crippen LogP contribution in [0.1, 0.15) is 6.42 Å². The van der Waals surface area contributed by atoms with Crippen LogP contribution < -0.4 is 19.1 Å². The highest BCUT2D eigenvalue weighted by Gasteiger charge is 2.31. The van der Waals surface area contributed by atoms with E-state index in [0.717, 1.165) is 17.1 Å². The smallest absolute Gasteiger partial charge is 0.269 e. The van der Waals surface area contributed by atoms with Crippen molar-refractivity contribution in [3.8, 4) is 17.2 Å². The first kappa shape index (κ1) is 22.2. The highest BCUT2D eigenvalue weighted by atomic mass is 35.5. The Labute approximate surface area is 201 Å². The molecule has 1 unspecified atom stereocenters. The minimum atomic E-state index is -0.504. The molecule has 2 aromatic rings. The summed E-state index contributed by atoms with van der Waals surface area (Å²) in [5, 5.41) is 0.304. The van der Waals surface area contributed by atoms with Crippen LogP contribution in [0.2, 0.25) is 5.15 Å². The molecule has 3 aliphatic rings. The highest BCUT2D eigenvalue weighted by Crippen LogP contribution is 2.40. The Kier molecular flexibility index (Phi) is 6.10. The first-order chi connectivity index (χ1) is 16.5. The molecule has 0 aliphatic carbocycles. The number of amides is 2. The van der Waals surface area contributed by atoms with Gasteiger partial charge in [-0.05, 0) is 12.1 Å². The van der Waals surface area contributed by atoms with Crippen LogP contribution in [0.25, 0.3) is 0 Å². The van der Waals surface area contributed by atoms with Gasteiger partial charge in [-0.2, -0.15) is 0 Å². The second-order valence-corrected chi connectivity index (χ2v) is 8.49. The molecule has 4 heterocycles. The Balaban J connectivity index is 1.29. The van der Waals surface area contributed by atoms with Gasteiger partial charge in [0.1, 0.15) is 24.2 Å². The summed E-state index contributed by atoms with van der Waals surface area (Å²) in [5.41, 5.74) is 1.69. The lowest BCUT2D eigenvalue weighted by molar-refractivity contribution is -0.131. The van der Waals surface area contributed by atoms with E-state index in [2.05, 4.69) is 14.9 Å². The molecule has 0 N–H and O–H groups in total. The number of nitrogens with zero attached hydrogens (tertiary/aromatic N) is 4. The molecule has 1 saturated heterocycles. The van der Waals surface area contributed by atoms with Crippen molar-refractivity contribution >= 4 is 41.0 Å². The van der Waals surface area contributed by atoms with E-state index in [0.29, 0.717) is 49.3 Å². The third-order valence-electron chi connectivity index (χ3n) is 5.97. The van der Waals surface area contributed by atoms with E-state index in [4.69, 9.17) is 25.8 Å². The minimum Gasteiger partial charge on any atom is -0.493 e. The number of halogens is 1. The Hall–Kier alpha value is -3.59. The number of hydrogen-bond acceptors (Lipinski definition) is 7. The van der Waals surface area contributed by atoms with Crippen LogP contribution >= 0.6 is 11.6 Å². The van der Waals surface area contributed by atoms with E-state index >= 15 is 0 Å². The van der Waals surface area contributed by atoms with Crippen molar-refractivity contribution in [2.75, 3.05) is 38.3 Å². The average Bonchev–Trinajstić information content (AvgIpc) is 3.32. The molecule has 0 radical (unpaired) electrons. The quantitative estimate of drug-likeness (QED) is 0.604. The number of rotatable bonds is 5. The van der Waals surface area contributed by atoms with Gasteiger partial charge in [0.25, 0.3) is 5.91 Å². The molecule has 2 amide bonds. The van der Waals surface area contributed by atoms with Crippen molar-refractivity contribution in [3.05, 3.63) is 47.8 Å². The highest BCUT2D eigenvalue weighted by molar-refractivity contribution is 6.30. The summed E-state index contributed by atoms with van der Waals surface area (Å²) >= 11 is 6.09. The average molecular weight is 483 g/mol. The number of aromatic nitrogens is 1. The zero-order chi connectivity index (χ0) is 23.7. The molecule has 1 aromatic carbocycles. The molecule has 0 bridgehead atoms. The number of methoxy groups -OCH3 is 1. The summed E-state index contributed by atoms with van der Waals surface area (Å²) in [6, 6.07) is 7.53. The molecular weight excluding hydrogens is 460 g/mol. The predicted molar refractivity (Wildman–Crippen MR) is 126 cm³/mol. The Morgan fingerprint density at radius 3 is 2.94 bits per heavy atom. The number of ether oxygens (including phenoxy) is 3. The van der Waals surface area contributed by atoms with Gasteiger partial charge < -0.3 is 24.0 Å². The van der Waals surface area contributed by atoms with E-state index in [1.807, 2.05) is 24.3 Å². The van der Waals surface area contributed by atoms with Crippen molar-refractivity contribution in [2.45, 2.75) is 12.5 Å². The monoisotopic (exact) mass is 482 g/mol. The number of carbonyl (C=O) groups excluding carboxylic acids is 2. The number of dihydropyridines is 1. The Bertz CT molecular complexity index is 1170. The second kappa shape index (κ2) is 9.34. The largest absolute Gasteiger partial charge is 0.493 e. The first-order valence-corrected chi connectivity index (χ1v) is 11.4. The lowest BCUT2D eigenvalue weighted by atomic mass is 10.1. The minimum absolute atomic E-state index is 0.0761. The third-order valence-corrected chi connectivity index (χ3v) is 6.25. The summed E-state index contributed by atoms with van der Waals surface area (Å²) in [4.78, 5) is 35.7. The van der Waals surface area contributed by atoms with Crippen LogP contribution in [0.3, 0.4) is 0 Å². The van der Waals surface area contributed by atoms with Gasteiger partial charge in [-0.15, -0.1) is 0 Å². The summed E-state index contributed by atoms with van der Waals surface area (Å²) < 4.78 is 17.4. The van der Waals surface area contributed by atoms with Crippen LogP contribution in [-0.2, 0) is 9.59 Å². The number of aliphatic imine (C=N–C) groups is 1. The number of fused-ring (bicyclic) bond motifs is 1. The lowest BCUT2D eigenvalue weighted by Crippen LogP contribution is -2.36. The topological polar surface area (TPSA) is 93.6 Å². The molecule has 1 aromatic heterocycles. The van der Waals surface area contributed by atoms with E-state index in [9.17, 15) is 9.59 Å². The maximum Gasteiger partial charge on any atom is 0.269 e. The molecule has 0 saturated carbocycles. The molecule has 176 valence electrons. The van der Waals surface area contributed by atoms with E-state index in [1.165, 1.54) is 12.3 Å². The molecule has 1 fully saturated rings. The summed E-state index contributed by atoms with van der Waals surface area (Å²) in [6.45, 7) is 2.22. The standard InChI is InChI=1S/C24H23ClN4O5/c1-32-21-10-16(13-27-23(21)25)29-8-9-33-20-4-3-17(11-19(20)29)34-18-6-7-28(14-18)24(31)15-2-5-22(30)26-12-15/h2-5,10-13,15,18H,6-9,14H2,1H3/t15?,18-/m0/s1. The van der Waals surface area contributed by atoms with Gasteiger partial charge in [0.05, 0.1) is 43.7 Å². The fraction of sp³-hybridized carbons (Fsp3) is 0.333. The van der Waals surface area contributed by atoms with E-state index < -0.39 is 5.92 Å². The van der Waals surface area contributed by atoms with Gasteiger partial charge in [-0.3, -0.25) is 9.59 Å². The van der Waals surface area contributed by atoms with Crippen molar-refractivity contribution in [1.82, 2.24) is 9.88 Å². The van der Waals surface area contributed by atoms with Gasteiger partial charge in [0.2, 0.25) is 5.91 Å². The summed E-state index contributed by atoms with van der Waals surface area (Å²) in [7, 11) is 1.55. The number of pyridine rings is 1. The first-order valence-electron chi connectivity index (χ1n) is 11.0. The molecule has 34 heavy (non-hydrogen) atoms. The predicted octanol–water partition coefficient (Wildman–Crippen LogP) is 3.04. The van der Waals surface area contributed by atoms with Gasteiger partial charge in [0, 0.05) is 37.4 Å². The Morgan fingerprint density at radius 2 is 2.15 bits per heavy atom. The van der Waals surface area contributed by atoms with E-state index in [-0.39, 0.29) is 17.9 Å². The van der Waals surface area contributed by atoms with Crippen LogP contribution in [0.5, 0.6) is 17.2 Å². The van der Waals surface area contributed by atoms with Gasteiger partial charge in [0.15, 0.2) is 10.9 Å². The lowest BCUT2D eigenvalue weighted by Gasteiger charge is -2.31. The zero-order valence-corrected chi connectivity index (χ0v) is 19.3. The second-order valence-electron chi connectivity index (χ2n) is 8.13.